The van der Waals surface area contributed by atoms with Crippen molar-refractivity contribution in [3.63, 3.8) is 0 Å². The topological polar surface area (TPSA) is 38.7 Å². The molecule has 102 valence electrons. The lowest BCUT2D eigenvalue weighted by atomic mass is 10.2. The zero-order valence-electron chi connectivity index (χ0n) is 11.3. The van der Waals surface area contributed by atoms with E-state index < -0.39 is 0 Å². The molecule has 0 saturated heterocycles. The third-order valence-corrected chi connectivity index (χ3v) is 5.40. The van der Waals surface area contributed by atoms with Gasteiger partial charge in [0.2, 0.25) is 0 Å². The molecule has 0 unspecified atom stereocenters. The molecular weight excluding hydrogens is 298 g/mol. The highest BCUT2D eigenvalue weighted by molar-refractivity contribution is 7.19. The zero-order valence-corrected chi connectivity index (χ0v) is 12.9. The summed E-state index contributed by atoms with van der Waals surface area (Å²) in [6.07, 6.45) is 5.50. The van der Waals surface area contributed by atoms with Crippen LogP contribution in [0.3, 0.4) is 0 Å². The molecule has 4 aromatic heterocycles. The first-order chi connectivity index (χ1) is 10.3. The molecule has 0 radical (unpaired) electrons. The molecule has 4 heterocycles. The SMILES string of the molecule is Cc1nc(-c2cccnc2)sc1-c1nccc2sccc12. The first kappa shape index (κ1) is 12.6. The van der Waals surface area contributed by atoms with Gasteiger partial charge in [-0.15, -0.1) is 22.7 Å². The zero-order chi connectivity index (χ0) is 14.2. The largest absolute Gasteiger partial charge is 0.264 e. The average Bonchev–Trinajstić information content (AvgIpc) is 3.14. The number of fused-ring (bicyclic) bond motifs is 1. The van der Waals surface area contributed by atoms with Crippen molar-refractivity contribution in [3.05, 3.63) is 53.9 Å². The maximum atomic E-state index is 4.69. The van der Waals surface area contributed by atoms with Crippen molar-refractivity contribution >= 4 is 32.8 Å². The Kier molecular flexibility index (Phi) is 3.02. The molecular formula is C16H11N3S2. The van der Waals surface area contributed by atoms with Crippen LogP contribution in [0.1, 0.15) is 5.69 Å². The van der Waals surface area contributed by atoms with Crippen molar-refractivity contribution in [3.8, 4) is 21.1 Å². The van der Waals surface area contributed by atoms with Gasteiger partial charge in [0.05, 0.1) is 16.3 Å². The van der Waals surface area contributed by atoms with Crippen LogP contribution in [-0.2, 0) is 0 Å². The second kappa shape index (κ2) is 5.02. The van der Waals surface area contributed by atoms with E-state index in [1.54, 1.807) is 28.9 Å². The average molecular weight is 309 g/mol. The van der Waals surface area contributed by atoms with E-state index in [1.807, 2.05) is 31.5 Å². The van der Waals surface area contributed by atoms with E-state index in [-0.39, 0.29) is 0 Å². The van der Waals surface area contributed by atoms with E-state index in [2.05, 4.69) is 27.5 Å². The third kappa shape index (κ3) is 2.14. The van der Waals surface area contributed by atoms with Gasteiger partial charge >= 0.3 is 0 Å². The molecule has 4 rings (SSSR count). The van der Waals surface area contributed by atoms with Crippen molar-refractivity contribution in [1.29, 1.82) is 0 Å². The molecule has 0 aliphatic heterocycles. The predicted octanol–water partition coefficient (Wildman–Crippen LogP) is 4.79. The molecule has 21 heavy (non-hydrogen) atoms. The van der Waals surface area contributed by atoms with Gasteiger partial charge < -0.3 is 0 Å². The lowest BCUT2D eigenvalue weighted by Crippen LogP contribution is -1.83. The lowest BCUT2D eigenvalue weighted by Gasteiger charge is -1.99. The lowest BCUT2D eigenvalue weighted by molar-refractivity contribution is 1.24. The summed E-state index contributed by atoms with van der Waals surface area (Å²) in [6.45, 7) is 2.04. The van der Waals surface area contributed by atoms with Gasteiger partial charge in [-0.25, -0.2) is 4.98 Å². The van der Waals surface area contributed by atoms with Crippen LogP contribution in [0.5, 0.6) is 0 Å². The summed E-state index contributed by atoms with van der Waals surface area (Å²) in [7, 11) is 0. The van der Waals surface area contributed by atoms with Crippen LogP contribution in [0.2, 0.25) is 0 Å². The molecule has 0 N–H and O–H groups in total. The van der Waals surface area contributed by atoms with Crippen LogP contribution >= 0.6 is 22.7 Å². The highest BCUT2D eigenvalue weighted by atomic mass is 32.1. The maximum absolute atomic E-state index is 4.69. The Bertz CT molecular complexity index is 910. The highest BCUT2D eigenvalue weighted by Crippen LogP contribution is 2.38. The van der Waals surface area contributed by atoms with E-state index in [0.717, 1.165) is 26.8 Å². The van der Waals surface area contributed by atoms with Crippen LogP contribution in [0.4, 0.5) is 0 Å². The predicted molar refractivity (Wildman–Crippen MR) is 88.7 cm³/mol. The molecule has 0 aliphatic rings. The maximum Gasteiger partial charge on any atom is 0.125 e. The second-order valence-corrected chi connectivity index (χ2v) is 6.61. The van der Waals surface area contributed by atoms with Gasteiger partial charge in [-0.3, -0.25) is 9.97 Å². The fraction of sp³-hybridized carbons (Fsp3) is 0.0625. The number of thiophene rings is 1. The van der Waals surface area contributed by atoms with Crippen LogP contribution in [0, 0.1) is 6.92 Å². The number of aryl methyl sites for hydroxylation is 1. The number of thiazole rings is 1. The molecule has 0 atom stereocenters. The van der Waals surface area contributed by atoms with E-state index in [1.165, 1.54) is 10.1 Å². The van der Waals surface area contributed by atoms with Crippen LogP contribution in [-0.4, -0.2) is 15.0 Å². The Balaban J connectivity index is 1.90. The molecule has 0 fully saturated rings. The van der Waals surface area contributed by atoms with Gasteiger partial charge in [-0.1, -0.05) is 0 Å². The van der Waals surface area contributed by atoms with Gasteiger partial charge in [0.25, 0.3) is 0 Å². The van der Waals surface area contributed by atoms with Crippen molar-refractivity contribution < 1.29 is 0 Å². The summed E-state index contributed by atoms with van der Waals surface area (Å²) >= 11 is 3.41. The molecule has 0 amide bonds. The monoisotopic (exact) mass is 309 g/mol. The van der Waals surface area contributed by atoms with Gasteiger partial charge in [0, 0.05) is 34.2 Å². The standard InChI is InChI=1S/C16H11N3S2/c1-10-15(14-12-5-8-20-13(12)4-7-18-14)21-16(19-10)11-3-2-6-17-9-11/h2-9H,1H3. The van der Waals surface area contributed by atoms with Gasteiger partial charge in [-0.2, -0.15) is 0 Å². The van der Waals surface area contributed by atoms with Gasteiger partial charge in [0.15, 0.2) is 0 Å². The third-order valence-electron chi connectivity index (χ3n) is 3.30. The molecule has 0 aliphatic carbocycles. The molecule has 0 saturated carbocycles. The van der Waals surface area contributed by atoms with Crippen LogP contribution < -0.4 is 0 Å². The second-order valence-electron chi connectivity index (χ2n) is 4.67. The van der Waals surface area contributed by atoms with Crippen molar-refractivity contribution in [1.82, 2.24) is 15.0 Å². The summed E-state index contributed by atoms with van der Waals surface area (Å²) in [5, 5.41) is 4.30. The first-order valence-electron chi connectivity index (χ1n) is 6.53. The first-order valence-corrected chi connectivity index (χ1v) is 8.23. The normalized spacial score (nSPS) is 11.1. The van der Waals surface area contributed by atoms with E-state index in [0.29, 0.717) is 0 Å². The Morgan fingerprint density at radius 1 is 1.10 bits per heavy atom. The van der Waals surface area contributed by atoms with E-state index in [9.17, 15) is 0 Å². The minimum absolute atomic E-state index is 0.990. The van der Waals surface area contributed by atoms with Gasteiger partial charge in [-0.05, 0) is 36.6 Å². The molecule has 5 heteroatoms. The fourth-order valence-corrected chi connectivity index (χ4v) is 4.15. The summed E-state index contributed by atoms with van der Waals surface area (Å²) in [5.74, 6) is 0. The Morgan fingerprint density at radius 3 is 2.90 bits per heavy atom. The summed E-state index contributed by atoms with van der Waals surface area (Å²) in [5.41, 5.74) is 3.10. The number of rotatable bonds is 2. The van der Waals surface area contributed by atoms with E-state index >= 15 is 0 Å². The van der Waals surface area contributed by atoms with Crippen LogP contribution in [0.15, 0.2) is 48.2 Å². The van der Waals surface area contributed by atoms with Gasteiger partial charge in [0.1, 0.15) is 5.01 Å². The van der Waals surface area contributed by atoms with Crippen molar-refractivity contribution in [2.45, 2.75) is 6.92 Å². The highest BCUT2D eigenvalue weighted by Gasteiger charge is 2.15. The summed E-state index contributed by atoms with van der Waals surface area (Å²) < 4.78 is 1.26. The molecule has 0 spiro atoms. The molecule has 4 aromatic rings. The Hall–Kier alpha value is -2.11. The molecule has 0 bridgehead atoms. The van der Waals surface area contributed by atoms with Crippen molar-refractivity contribution in [2.24, 2.45) is 0 Å². The van der Waals surface area contributed by atoms with Crippen LogP contribution in [0.25, 0.3) is 31.2 Å². The number of nitrogens with zero attached hydrogens (tertiary/aromatic N) is 3. The van der Waals surface area contributed by atoms with E-state index in [4.69, 9.17) is 4.98 Å². The number of aromatic nitrogens is 3. The Morgan fingerprint density at radius 2 is 2.05 bits per heavy atom. The molecule has 3 nitrogen and oxygen atoms in total. The number of pyridine rings is 2. The molecule has 0 aromatic carbocycles. The number of hydrogen-bond donors (Lipinski definition) is 0. The Labute approximate surface area is 130 Å². The smallest absolute Gasteiger partial charge is 0.125 e. The summed E-state index contributed by atoms with van der Waals surface area (Å²) in [6, 6.07) is 8.16. The minimum Gasteiger partial charge on any atom is -0.264 e. The quantitative estimate of drug-likeness (QED) is 0.534. The minimum atomic E-state index is 0.990. The fourth-order valence-electron chi connectivity index (χ4n) is 2.30. The summed E-state index contributed by atoms with van der Waals surface area (Å²) in [4.78, 5) is 14.6. The van der Waals surface area contributed by atoms with Crippen molar-refractivity contribution in [2.75, 3.05) is 0 Å². The number of hydrogen-bond acceptors (Lipinski definition) is 5.